The summed E-state index contributed by atoms with van der Waals surface area (Å²) in [6, 6.07) is 8.35. The van der Waals surface area contributed by atoms with Gasteiger partial charge in [-0.1, -0.05) is 17.7 Å². The molecule has 0 radical (unpaired) electrons. The van der Waals surface area contributed by atoms with Crippen molar-refractivity contribution in [3.05, 3.63) is 29.8 Å². The Morgan fingerprint density at radius 2 is 2.16 bits per heavy atom. The fraction of sp³-hybridized carbons (Fsp3) is 0.250. The summed E-state index contributed by atoms with van der Waals surface area (Å²) >= 11 is 1.43. The van der Waals surface area contributed by atoms with E-state index in [1.807, 2.05) is 32.0 Å². The summed E-state index contributed by atoms with van der Waals surface area (Å²) in [5, 5.41) is 0.539. The summed E-state index contributed by atoms with van der Waals surface area (Å²) in [6.07, 6.45) is 0. The molecule has 0 spiro atoms. The van der Waals surface area contributed by atoms with Gasteiger partial charge < -0.3 is 4.74 Å². The van der Waals surface area contributed by atoms with Crippen LogP contribution in [0.4, 0.5) is 5.95 Å². The summed E-state index contributed by atoms with van der Waals surface area (Å²) in [6.45, 7) is 4.39. The Hall–Kier alpha value is -1.86. The second kappa shape index (κ2) is 6.35. The molecule has 0 aliphatic carbocycles. The third kappa shape index (κ3) is 3.80. The van der Waals surface area contributed by atoms with E-state index in [4.69, 9.17) is 10.6 Å². The van der Waals surface area contributed by atoms with E-state index in [2.05, 4.69) is 26.4 Å². The standard InChI is InChI=1S/C12H15N5OS/c1-3-18-11-14-10(17-13)15-12(16-11)19-9-6-4-5-8(2)7-9/h4-7H,3,13H2,1-2H3,(H,14,15,16,17). The molecule has 0 unspecified atom stereocenters. The average molecular weight is 277 g/mol. The van der Waals surface area contributed by atoms with Crippen molar-refractivity contribution in [1.82, 2.24) is 15.0 Å². The number of nitrogens with one attached hydrogen (secondary N) is 1. The van der Waals surface area contributed by atoms with Crippen LogP contribution in [0.3, 0.4) is 0 Å². The lowest BCUT2D eigenvalue weighted by molar-refractivity contribution is 0.308. The number of hydrazine groups is 1. The number of ether oxygens (including phenoxy) is 1. The maximum absolute atomic E-state index is 5.33. The number of aromatic nitrogens is 3. The summed E-state index contributed by atoms with van der Waals surface area (Å²) in [5.41, 5.74) is 3.59. The van der Waals surface area contributed by atoms with Gasteiger partial charge in [-0.05, 0) is 37.7 Å². The van der Waals surface area contributed by atoms with E-state index in [1.54, 1.807) is 0 Å². The predicted molar refractivity (Wildman–Crippen MR) is 74.1 cm³/mol. The van der Waals surface area contributed by atoms with Crippen LogP contribution in [-0.2, 0) is 0 Å². The van der Waals surface area contributed by atoms with Crippen molar-refractivity contribution < 1.29 is 4.74 Å². The molecule has 0 bridgehead atoms. The largest absolute Gasteiger partial charge is 0.464 e. The van der Waals surface area contributed by atoms with E-state index in [0.29, 0.717) is 11.8 Å². The van der Waals surface area contributed by atoms with Crippen LogP contribution in [0.15, 0.2) is 34.3 Å². The molecule has 0 fully saturated rings. The molecule has 2 aromatic rings. The highest BCUT2D eigenvalue weighted by molar-refractivity contribution is 7.99. The van der Waals surface area contributed by atoms with Gasteiger partial charge in [0, 0.05) is 4.90 Å². The lowest BCUT2D eigenvalue weighted by Gasteiger charge is -2.06. The van der Waals surface area contributed by atoms with E-state index in [0.717, 1.165) is 4.90 Å². The normalized spacial score (nSPS) is 10.3. The van der Waals surface area contributed by atoms with Crippen molar-refractivity contribution in [3.8, 4) is 6.01 Å². The molecule has 0 saturated heterocycles. The van der Waals surface area contributed by atoms with Crippen LogP contribution in [0.1, 0.15) is 12.5 Å². The molecule has 7 heteroatoms. The second-order valence-electron chi connectivity index (χ2n) is 3.72. The molecule has 0 amide bonds. The monoisotopic (exact) mass is 277 g/mol. The lowest BCUT2D eigenvalue weighted by atomic mass is 10.2. The fourth-order valence-electron chi connectivity index (χ4n) is 1.43. The molecule has 1 aromatic heterocycles. The molecular weight excluding hydrogens is 262 g/mol. The van der Waals surface area contributed by atoms with Crippen molar-refractivity contribution in [2.45, 2.75) is 23.9 Å². The number of rotatable bonds is 5. The van der Waals surface area contributed by atoms with Gasteiger partial charge in [0.1, 0.15) is 0 Å². The second-order valence-corrected chi connectivity index (χ2v) is 4.76. The quantitative estimate of drug-likeness (QED) is 0.638. The van der Waals surface area contributed by atoms with Crippen molar-refractivity contribution in [2.75, 3.05) is 12.0 Å². The van der Waals surface area contributed by atoms with Crippen molar-refractivity contribution >= 4 is 17.7 Å². The predicted octanol–water partition coefficient (Wildman–Crippen LogP) is 2.02. The molecule has 1 heterocycles. The minimum absolute atomic E-state index is 0.264. The molecule has 0 aliphatic heterocycles. The Morgan fingerprint density at radius 1 is 1.32 bits per heavy atom. The number of nitrogens with zero attached hydrogens (tertiary/aromatic N) is 3. The van der Waals surface area contributed by atoms with Gasteiger partial charge in [0.25, 0.3) is 0 Å². The highest BCUT2D eigenvalue weighted by Gasteiger charge is 2.08. The molecule has 2 rings (SSSR count). The summed E-state index contributed by atoms with van der Waals surface area (Å²) < 4.78 is 5.28. The molecule has 0 atom stereocenters. The lowest BCUT2D eigenvalue weighted by Crippen LogP contribution is -2.12. The Balaban J connectivity index is 2.26. The van der Waals surface area contributed by atoms with Gasteiger partial charge in [0.05, 0.1) is 6.61 Å². The van der Waals surface area contributed by atoms with Crippen LogP contribution in [0.25, 0.3) is 0 Å². The number of hydrogen-bond donors (Lipinski definition) is 2. The summed E-state index contributed by atoms with van der Waals surface area (Å²) in [7, 11) is 0. The van der Waals surface area contributed by atoms with Gasteiger partial charge in [-0.2, -0.15) is 15.0 Å². The Morgan fingerprint density at radius 3 is 2.84 bits per heavy atom. The fourth-order valence-corrected chi connectivity index (χ4v) is 2.28. The topological polar surface area (TPSA) is 86.0 Å². The Labute approximate surface area is 115 Å². The van der Waals surface area contributed by atoms with E-state index >= 15 is 0 Å². The number of anilines is 1. The molecule has 6 nitrogen and oxygen atoms in total. The van der Waals surface area contributed by atoms with Gasteiger partial charge in [-0.3, -0.25) is 5.43 Å². The molecule has 19 heavy (non-hydrogen) atoms. The first kappa shape index (κ1) is 13.6. The first-order valence-electron chi connectivity index (χ1n) is 5.81. The summed E-state index contributed by atoms with van der Waals surface area (Å²) in [5.74, 6) is 5.62. The molecule has 0 saturated carbocycles. The van der Waals surface area contributed by atoms with Crippen LogP contribution in [0, 0.1) is 6.92 Å². The first-order valence-corrected chi connectivity index (χ1v) is 6.63. The Kier molecular flexibility index (Phi) is 4.53. The number of nitrogens with two attached hydrogens (primary N) is 1. The van der Waals surface area contributed by atoms with Crippen LogP contribution >= 0.6 is 11.8 Å². The van der Waals surface area contributed by atoms with E-state index in [1.165, 1.54) is 17.3 Å². The van der Waals surface area contributed by atoms with Crippen LogP contribution in [-0.4, -0.2) is 21.6 Å². The zero-order valence-corrected chi connectivity index (χ0v) is 11.6. The van der Waals surface area contributed by atoms with Gasteiger partial charge in [0.2, 0.25) is 11.1 Å². The molecular formula is C12H15N5OS. The van der Waals surface area contributed by atoms with Gasteiger partial charge in [0.15, 0.2) is 0 Å². The van der Waals surface area contributed by atoms with E-state index in [-0.39, 0.29) is 12.0 Å². The number of nitrogen functional groups attached to an aromatic ring is 1. The summed E-state index contributed by atoms with van der Waals surface area (Å²) in [4.78, 5) is 13.5. The third-order valence-corrected chi connectivity index (χ3v) is 3.05. The highest BCUT2D eigenvalue weighted by Crippen LogP contribution is 2.26. The van der Waals surface area contributed by atoms with Gasteiger partial charge in [-0.15, -0.1) is 0 Å². The molecule has 0 aliphatic rings. The molecule has 100 valence electrons. The zero-order chi connectivity index (χ0) is 13.7. The number of aryl methyl sites for hydroxylation is 1. The van der Waals surface area contributed by atoms with Crippen molar-refractivity contribution in [3.63, 3.8) is 0 Å². The van der Waals surface area contributed by atoms with Crippen LogP contribution < -0.4 is 16.0 Å². The number of hydrogen-bond acceptors (Lipinski definition) is 7. The van der Waals surface area contributed by atoms with E-state index < -0.39 is 0 Å². The third-order valence-electron chi connectivity index (χ3n) is 2.20. The minimum atomic E-state index is 0.264. The van der Waals surface area contributed by atoms with Gasteiger partial charge >= 0.3 is 6.01 Å². The smallest absolute Gasteiger partial charge is 0.322 e. The maximum Gasteiger partial charge on any atom is 0.322 e. The zero-order valence-electron chi connectivity index (χ0n) is 10.8. The van der Waals surface area contributed by atoms with Crippen molar-refractivity contribution in [2.24, 2.45) is 5.84 Å². The van der Waals surface area contributed by atoms with Crippen molar-refractivity contribution in [1.29, 1.82) is 0 Å². The maximum atomic E-state index is 5.33. The highest BCUT2D eigenvalue weighted by atomic mass is 32.2. The van der Waals surface area contributed by atoms with Gasteiger partial charge in [-0.25, -0.2) is 5.84 Å². The SMILES string of the molecule is CCOc1nc(NN)nc(Sc2cccc(C)c2)n1. The Bertz CT molecular complexity index is 564. The minimum Gasteiger partial charge on any atom is -0.464 e. The van der Waals surface area contributed by atoms with Crippen LogP contribution in [0.5, 0.6) is 6.01 Å². The molecule has 3 N–H and O–H groups in total. The molecule has 1 aromatic carbocycles. The average Bonchev–Trinajstić information content (AvgIpc) is 2.39. The number of benzene rings is 1. The van der Waals surface area contributed by atoms with Crippen LogP contribution in [0.2, 0.25) is 0 Å². The van der Waals surface area contributed by atoms with E-state index in [9.17, 15) is 0 Å². The first-order chi connectivity index (χ1) is 9.21.